The summed E-state index contributed by atoms with van der Waals surface area (Å²) in [6.07, 6.45) is 0.616. The molecule has 188 valence electrons. The first-order valence-electron chi connectivity index (χ1n) is 11.0. The van der Waals surface area contributed by atoms with E-state index in [1.165, 1.54) is 24.6 Å². The van der Waals surface area contributed by atoms with Crippen molar-refractivity contribution in [3.8, 4) is 23.0 Å². The van der Waals surface area contributed by atoms with Crippen LogP contribution in [0.4, 0.5) is 5.13 Å². The lowest BCUT2D eigenvalue weighted by Crippen LogP contribution is -2.48. The van der Waals surface area contributed by atoms with Crippen LogP contribution in [0.25, 0.3) is 0 Å². The molecule has 35 heavy (non-hydrogen) atoms. The number of ether oxygens (including phenoxy) is 4. The molecule has 1 aromatic heterocycles. The second-order valence-electron chi connectivity index (χ2n) is 7.88. The van der Waals surface area contributed by atoms with Gasteiger partial charge in [-0.2, -0.15) is 4.31 Å². The molecule has 0 amide bonds. The fourth-order valence-electron chi connectivity index (χ4n) is 3.98. The van der Waals surface area contributed by atoms with Gasteiger partial charge in [-0.1, -0.05) is 0 Å². The van der Waals surface area contributed by atoms with E-state index < -0.39 is 10.0 Å². The van der Waals surface area contributed by atoms with Crippen molar-refractivity contribution in [1.29, 1.82) is 0 Å². The van der Waals surface area contributed by atoms with Gasteiger partial charge < -0.3 is 23.8 Å². The minimum Gasteiger partial charge on any atom is -0.497 e. The summed E-state index contributed by atoms with van der Waals surface area (Å²) in [6.45, 7) is 1.86. The van der Waals surface area contributed by atoms with Crippen molar-refractivity contribution in [2.75, 3.05) is 59.5 Å². The van der Waals surface area contributed by atoms with Crippen LogP contribution in [-0.4, -0.2) is 72.3 Å². The van der Waals surface area contributed by atoms with Gasteiger partial charge in [0.15, 0.2) is 16.6 Å². The van der Waals surface area contributed by atoms with Crippen molar-refractivity contribution in [1.82, 2.24) is 9.29 Å². The molecule has 0 radical (unpaired) electrons. The Morgan fingerprint density at radius 1 is 0.857 bits per heavy atom. The third-order valence-corrected chi connectivity index (χ3v) is 8.75. The quantitative estimate of drug-likeness (QED) is 0.426. The molecule has 2 aromatic carbocycles. The molecule has 9 nitrogen and oxygen atoms in total. The lowest BCUT2D eigenvalue weighted by Gasteiger charge is -2.33. The minimum atomic E-state index is -3.65. The smallest absolute Gasteiger partial charge is 0.243 e. The van der Waals surface area contributed by atoms with Gasteiger partial charge in [-0.25, -0.2) is 13.4 Å². The molecule has 4 rings (SSSR count). The normalized spacial score (nSPS) is 14.6. The highest BCUT2D eigenvalue weighted by Gasteiger charge is 2.30. The van der Waals surface area contributed by atoms with E-state index in [2.05, 4.69) is 4.90 Å². The zero-order valence-electron chi connectivity index (χ0n) is 20.2. The average Bonchev–Trinajstić information content (AvgIpc) is 3.36. The summed E-state index contributed by atoms with van der Waals surface area (Å²) in [6, 6.07) is 10.4. The van der Waals surface area contributed by atoms with E-state index >= 15 is 0 Å². The van der Waals surface area contributed by atoms with E-state index in [4.69, 9.17) is 23.9 Å². The molecule has 0 saturated carbocycles. The predicted octanol–water partition coefficient (Wildman–Crippen LogP) is 3.28. The Balaban J connectivity index is 1.43. The van der Waals surface area contributed by atoms with Gasteiger partial charge in [0.2, 0.25) is 10.0 Å². The number of thiazole rings is 1. The molecule has 1 saturated heterocycles. The van der Waals surface area contributed by atoms with E-state index in [-0.39, 0.29) is 4.90 Å². The van der Waals surface area contributed by atoms with Crippen LogP contribution in [0.3, 0.4) is 0 Å². The maximum Gasteiger partial charge on any atom is 0.243 e. The molecule has 11 heteroatoms. The Hall–Kier alpha value is -3.02. The summed E-state index contributed by atoms with van der Waals surface area (Å²) in [5.41, 5.74) is 1.92. The van der Waals surface area contributed by atoms with Crippen LogP contribution in [0.15, 0.2) is 46.7 Å². The molecule has 1 aliphatic heterocycles. The Labute approximate surface area is 209 Å². The predicted molar refractivity (Wildman–Crippen MR) is 135 cm³/mol. The van der Waals surface area contributed by atoms with Gasteiger partial charge in [-0.15, -0.1) is 11.3 Å². The van der Waals surface area contributed by atoms with Crippen LogP contribution in [-0.2, 0) is 16.4 Å². The average molecular weight is 520 g/mol. The largest absolute Gasteiger partial charge is 0.497 e. The van der Waals surface area contributed by atoms with Crippen molar-refractivity contribution in [2.24, 2.45) is 0 Å². The molecule has 2 heterocycles. The number of benzene rings is 2. The summed E-state index contributed by atoms with van der Waals surface area (Å²) in [5, 5.41) is 2.91. The SMILES string of the molecule is COc1ccc(OC)c(Cc2csc(N3CCN(S(=O)(=O)c4ccc(OC)c(OC)c4)CC3)n2)c1. The highest BCUT2D eigenvalue weighted by atomic mass is 32.2. The van der Waals surface area contributed by atoms with Crippen LogP contribution in [0.5, 0.6) is 23.0 Å². The van der Waals surface area contributed by atoms with Gasteiger partial charge in [-0.3, -0.25) is 0 Å². The number of piperazine rings is 1. The molecule has 0 aliphatic carbocycles. The van der Waals surface area contributed by atoms with Crippen LogP contribution in [0.1, 0.15) is 11.3 Å². The number of nitrogens with zero attached hydrogens (tertiary/aromatic N) is 3. The Morgan fingerprint density at radius 3 is 2.20 bits per heavy atom. The van der Waals surface area contributed by atoms with E-state index in [0.717, 1.165) is 27.9 Å². The Kier molecular flexibility index (Phi) is 7.68. The van der Waals surface area contributed by atoms with Crippen molar-refractivity contribution < 1.29 is 27.4 Å². The molecule has 1 fully saturated rings. The number of anilines is 1. The van der Waals surface area contributed by atoms with Gasteiger partial charge in [0.1, 0.15) is 11.5 Å². The molecular formula is C24H29N3O6S2. The number of hydrogen-bond donors (Lipinski definition) is 0. The zero-order valence-corrected chi connectivity index (χ0v) is 21.8. The summed E-state index contributed by atoms with van der Waals surface area (Å²) in [4.78, 5) is 7.11. The second-order valence-corrected chi connectivity index (χ2v) is 10.7. The fraction of sp³-hybridized carbons (Fsp3) is 0.375. The molecule has 0 unspecified atom stereocenters. The molecule has 0 atom stereocenters. The monoisotopic (exact) mass is 519 g/mol. The first kappa shape index (κ1) is 25.1. The summed E-state index contributed by atoms with van der Waals surface area (Å²) >= 11 is 1.56. The van der Waals surface area contributed by atoms with Crippen LogP contribution in [0.2, 0.25) is 0 Å². The number of methoxy groups -OCH3 is 4. The van der Waals surface area contributed by atoms with Crippen molar-refractivity contribution >= 4 is 26.5 Å². The molecule has 0 bridgehead atoms. The third-order valence-electron chi connectivity index (χ3n) is 5.90. The summed E-state index contributed by atoms with van der Waals surface area (Å²) < 4.78 is 49.2. The van der Waals surface area contributed by atoms with Gasteiger partial charge in [0.25, 0.3) is 0 Å². The lowest BCUT2D eigenvalue weighted by atomic mass is 10.1. The standard InChI is InChI=1S/C24H29N3O6S2/c1-30-19-5-7-21(31-2)17(14-19)13-18-16-34-24(25-18)26-9-11-27(12-10-26)35(28,29)20-6-8-22(32-3)23(15-20)33-4/h5-8,14-16H,9-13H2,1-4H3. The summed E-state index contributed by atoms with van der Waals surface area (Å²) in [7, 11) is 2.64. The van der Waals surface area contributed by atoms with Crippen molar-refractivity contribution in [3.63, 3.8) is 0 Å². The maximum absolute atomic E-state index is 13.2. The molecule has 3 aromatic rings. The van der Waals surface area contributed by atoms with Gasteiger partial charge >= 0.3 is 0 Å². The van der Waals surface area contributed by atoms with E-state index in [0.29, 0.717) is 44.1 Å². The molecule has 0 spiro atoms. The third kappa shape index (κ3) is 5.31. The lowest BCUT2D eigenvalue weighted by molar-refractivity contribution is 0.353. The van der Waals surface area contributed by atoms with Gasteiger partial charge in [0.05, 0.1) is 39.0 Å². The van der Waals surface area contributed by atoms with E-state index in [9.17, 15) is 8.42 Å². The fourth-order valence-corrected chi connectivity index (χ4v) is 6.30. The highest BCUT2D eigenvalue weighted by Crippen LogP contribution is 2.32. The van der Waals surface area contributed by atoms with Gasteiger partial charge in [-0.05, 0) is 30.3 Å². The van der Waals surface area contributed by atoms with Crippen LogP contribution < -0.4 is 23.8 Å². The highest BCUT2D eigenvalue weighted by molar-refractivity contribution is 7.89. The molecule has 1 aliphatic rings. The number of aromatic nitrogens is 1. The van der Waals surface area contributed by atoms with Crippen molar-refractivity contribution in [3.05, 3.63) is 53.0 Å². The van der Waals surface area contributed by atoms with E-state index in [1.54, 1.807) is 37.7 Å². The van der Waals surface area contributed by atoms with Crippen molar-refractivity contribution in [2.45, 2.75) is 11.3 Å². The number of hydrogen-bond acceptors (Lipinski definition) is 9. The minimum absolute atomic E-state index is 0.187. The zero-order chi connectivity index (χ0) is 25.0. The second kappa shape index (κ2) is 10.7. The van der Waals surface area contributed by atoms with Gasteiger partial charge in [0, 0.05) is 49.6 Å². The molecule has 0 N–H and O–H groups in total. The Morgan fingerprint density at radius 2 is 1.54 bits per heavy atom. The van der Waals surface area contributed by atoms with Crippen LogP contribution in [0, 0.1) is 0 Å². The number of sulfonamides is 1. The van der Waals surface area contributed by atoms with E-state index in [1.807, 2.05) is 23.6 Å². The maximum atomic E-state index is 13.2. The first-order valence-corrected chi connectivity index (χ1v) is 13.3. The molecular weight excluding hydrogens is 490 g/mol. The van der Waals surface area contributed by atoms with Crippen LogP contribution >= 0.6 is 11.3 Å². The summed E-state index contributed by atoms with van der Waals surface area (Å²) in [5.74, 6) is 2.43. The topological polar surface area (TPSA) is 90.4 Å². The Bertz CT molecular complexity index is 1270. The number of rotatable bonds is 9. The first-order chi connectivity index (χ1) is 16.9.